The largest absolute Gasteiger partial charge is 0.468 e. The Morgan fingerprint density at radius 2 is 1.96 bits per heavy atom. The molecule has 1 N–H and O–H groups in total. The van der Waals surface area contributed by atoms with Crippen LogP contribution in [0.4, 0.5) is 10.5 Å². The Hall–Kier alpha value is -2.64. The maximum Gasteiger partial charge on any atom is 0.327 e. The first-order valence-electron chi connectivity index (χ1n) is 8.62. The number of benzene rings is 1. The lowest BCUT2D eigenvalue weighted by Gasteiger charge is -2.38. The zero-order valence-electron chi connectivity index (χ0n) is 15.0. The Labute approximate surface area is 162 Å². The molecular formula is C19H21ClN4O3. The predicted octanol–water partition coefficient (Wildman–Crippen LogP) is 2.80. The molecule has 0 spiro atoms. The van der Waals surface area contributed by atoms with Crippen molar-refractivity contribution in [2.24, 2.45) is 0 Å². The van der Waals surface area contributed by atoms with Crippen molar-refractivity contribution in [3.63, 3.8) is 0 Å². The molecule has 1 aliphatic rings. The first-order chi connectivity index (χ1) is 13.1. The third kappa shape index (κ3) is 4.75. The number of urea groups is 1. The number of carbonyl (C=O) groups excluding carboxylic acids is 2. The van der Waals surface area contributed by atoms with Gasteiger partial charge in [0.2, 0.25) is 0 Å². The van der Waals surface area contributed by atoms with Gasteiger partial charge in [0.05, 0.1) is 19.0 Å². The Balaban J connectivity index is 1.65. The van der Waals surface area contributed by atoms with E-state index in [2.05, 4.69) is 10.3 Å². The fourth-order valence-electron chi connectivity index (χ4n) is 3.11. The van der Waals surface area contributed by atoms with E-state index in [-0.39, 0.29) is 12.0 Å². The van der Waals surface area contributed by atoms with Crippen LogP contribution in [0.3, 0.4) is 0 Å². The number of pyridine rings is 1. The highest BCUT2D eigenvalue weighted by Crippen LogP contribution is 2.26. The molecule has 1 aliphatic heterocycles. The number of carbonyl (C=O) groups is 2. The zero-order chi connectivity index (χ0) is 19.2. The fourth-order valence-corrected chi connectivity index (χ4v) is 3.31. The Morgan fingerprint density at radius 1 is 1.19 bits per heavy atom. The molecule has 27 heavy (non-hydrogen) atoms. The molecule has 0 saturated carbocycles. The normalized spacial score (nSPS) is 15.9. The van der Waals surface area contributed by atoms with Crippen LogP contribution in [0.25, 0.3) is 0 Å². The summed E-state index contributed by atoms with van der Waals surface area (Å²) in [6, 6.07) is 10.0. The van der Waals surface area contributed by atoms with Gasteiger partial charge in [0.15, 0.2) is 0 Å². The molecule has 142 valence electrons. The summed E-state index contributed by atoms with van der Waals surface area (Å²) in [5, 5.41) is 3.39. The standard InChI is InChI=1S/C19H21ClN4O3/c1-27-18(25)17(14-4-2-5-15(20)12-14)23-8-10-24(11-9-23)19(26)22-16-6-3-7-21-13-16/h2-7,12-13,17H,8-11H2,1H3,(H,22,26). The average Bonchev–Trinajstić information content (AvgIpc) is 2.69. The molecule has 3 rings (SSSR count). The van der Waals surface area contributed by atoms with Crippen molar-refractivity contribution in [1.82, 2.24) is 14.8 Å². The third-order valence-electron chi connectivity index (χ3n) is 4.47. The number of amides is 2. The van der Waals surface area contributed by atoms with Crippen LogP contribution >= 0.6 is 11.6 Å². The molecule has 1 aromatic heterocycles. The number of hydrogen-bond acceptors (Lipinski definition) is 5. The summed E-state index contributed by atoms with van der Waals surface area (Å²) in [7, 11) is 1.37. The highest BCUT2D eigenvalue weighted by molar-refractivity contribution is 6.30. The van der Waals surface area contributed by atoms with E-state index in [1.807, 2.05) is 17.0 Å². The van der Waals surface area contributed by atoms with Gasteiger partial charge in [0.1, 0.15) is 6.04 Å². The molecular weight excluding hydrogens is 368 g/mol. The highest BCUT2D eigenvalue weighted by Gasteiger charge is 2.32. The number of aromatic nitrogens is 1. The van der Waals surface area contributed by atoms with Crippen LogP contribution in [0.5, 0.6) is 0 Å². The van der Waals surface area contributed by atoms with Gasteiger partial charge in [-0.2, -0.15) is 0 Å². The van der Waals surface area contributed by atoms with Crippen molar-refractivity contribution in [3.05, 3.63) is 59.4 Å². The van der Waals surface area contributed by atoms with Crippen LogP contribution in [0.1, 0.15) is 11.6 Å². The number of anilines is 1. The summed E-state index contributed by atoms with van der Waals surface area (Å²) < 4.78 is 4.99. The van der Waals surface area contributed by atoms with E-state index >= 15 is 0 Å². The Kier molecular flexibility index (Phi) is 6.26. The topological polar surface area (TPSA) is 74.8 Å². The van der Waals surface area contributed by atoms with Crippen molar-refractivity contribution in [2.75, 3.05) is 38.6 Å². The summed E-state index contributed by atoms with van der Waals surface area (Å²) in [6.07, 6.45) is 3.25. The molecule has 1 aromatic carbocycles. The highest BCUT2D eigenvalue weighted by atomic mass is 35.5. The molecule has 1 fully saturated rings. The van der Waals surface area contributed by atoms with Crippen molar-refractivity contribution in [1.29, 1.82) is 0 Å². The van der Waals surface area contributed by atoms with Crippen LogP contribution in [0.2, 0.25) is 5.02 Å². The lowest BCUT2D eigenvalue weighted by Crippen LogP contribution is -2.52. The summed E-state index contributed by atoms with van der Waals surface area (Å²) in [6.45, 7) is 2.10. The number of piperazine rings is 1. The number of ether oxygens (including phenoxy) is 1. The van der Waals surface area contributed by atoms with Gasteiger partial charge in [0, 0.05) is 37.4 Å². The minimum Gasteiger partial charge on any atom is -0.468 e. The second kappa shape index (κ2) is 8.83. The summed E-state index contributed by atoms with van der Waals surface area (Å²) in [5.41, 5.74) is 1.43. The summed E-state index contributed by atoms with van der Waals surface area (Å²) >= 11 is 6.08. The van der Waals surface area contributed by atoms with E-state index in [1.165, 1.54) is 7.11 Å². The van der Waals surface area contributed by atoms with Crippen LogP contribution in [0, 0.1) is 0 Å². The number of hydrogen-bond donors (Lipinski definition) is 1. The molecule has 0 radical (unpaired) electrons. The number of methoxy groups -OCH3 is 1. The van der Waals surface area contributed by atoms with Gasteiger partial charge >= 0.3 is 12.0 Å². The predicted molar refractivity (Wildman–Crippen MR) is 103 cm³/mol. The third-order valence-corrected chi connectivity index (χ3v) is 4.70. The molecule has 2 amide bonds. The smallest absolute Gasteiger partial charge is 0.327 e. The lowest BCUT2D eigenvalue weighted by atomic mass is 10.0. The number of nitrogens with one attached hydrogen (secondary N) is 1. The minimum atomic E-state index is -0.544. The first kappa shape index (κ1) is 19.1. The van der Waals surface area contributed by atoms with Gasteiger partial charge in [-0.25, -0.2) is 9.59 Å². The Bertz CT molecular complexity index is 795. The van der Waals surface area contributed by atoms with Crippen LogP contribution in [-0.2, 0) is 9.53 Å². The number of rotatable bonds is 4. The van der Waals surface area contributed by atoms with E-state index in [0.29, 0.717) is 36.9 Å². The second-order valence-electron chi connectivity index (χ2n) is 6.18. The van der Waals surface area contributed by atoms with Crippen molar-refractivity contribution >= 4 is 29.3 Å². The van der Waals surface area contributed by atoms with E-state index in [9.17, 15) is 9.59 Å². The SMILES string of the molecule is COC(=O)C(c1cccc(Cl)c1)N1CCN(C(=O)Nc2cccnc2)CC1. The second-order valence-corrected chi connectivity index (χ2v) is 6.61. The first-order valence-corrected chi connectivity index (χ1v) is 8.99. The molecule has 2 aromatic rings. The molecule has 2 heterocycles. The molecule has 0 bridgehead atoms. The van der Waals surface area contributed by atoms with E-state index in [4.69, 9.17) is 16.3 Å². The van der Waals surface area contributed by atoms with E-state index in [1.54, 1.807) is 41.6 Å². The van der Waals surface area contributed by atoms with Gasteiger partial charge < -0.3 is 15.0 Å². The van der Waals surface area contributed by atoms with E-state index in [0.717, 1.165) is 5.56 Å². The number of esters is 1. The quantitative estimate of drug-likeness (QED) is 0.815. The molecule has 8 heteroatoms. The van der Waals surface area contributed by atoms with Crippen LogP contribution in [0.15, 0.2) is 48.8 Å². The summed E-state index contributed by atoms with van der Waals surface area (Å²) in [4.78, 5) is 32.5. The maximum absolute atomic E-state index is 12.4. The van der Waals surface area contributed by atoms with Gasteiger partial charge in [0.25, 0.3) is 0 Å². The number of nitrogens with zero attached hydrogens (tertiary/aromatic N) is 3. The van der Waals surface area contributed by atoms with Gasteiger partial charge in [-0.3, -0.25) is 9.88 Å². The molecule has 1 saturated heterocycles. The van der Waals surface area contributed by atoms with E-state index < -0.39 is 6.04 Å². The van der Waals surface area contributed by atoms with Crippen molar-refractivity contribution in [2.45, 2.75) is 6.04 Å². The van der Waals surface area contributed by atoms with Gasteiger partial charge in [-0.15, -0.1) is 0 Å². The molecule has 0 aliphatic carbocycles. The fraction of sp³-hybridized carbons (Fsp3) is 0.316. The molecule has 7 nitrogen and oxygen atoms in total. The summed E-state index contributed by atoms with van der Waals surface area (Å²) in [5.74, 6) is -0.342. The average molecular weight is 389 g/mol. The van der Waals surface area contributed by atoms with Gasteiger partial charge in [-0.1, -0.05) is 23.7 Å². The van der Waals surface area contributed by atoms with Crippen LogP contribution < -0.4 is 5.32 Å². The molecule has 1 atom stereocenters. The molecule has 1 unspecified atom stereocenters. The lowest BCUT2D eigenvalue weighted by molar-refractivity contribution is -0.148. The van der Waals surface area contributed by atoms with Crippen molar-refractivity contribution in [3.8, 4) is 0 Å². The minimum absolute atomic E-state index is 0.181. The van der Waals surface area contributed by atoms with Gasteiger partial charge in [-0.05, 0) is 29.8 Å². The van der Waals surface area contributed by atoms with Crippen LogP contribution in [-0.4, -0.2) is 60.1 Å². The Morgan fingerprint density at radius 3 is 2.59 bits per heavy atom. The maximum atomic E-state index is 12.4. The monoisotopic (exact) mass is 388 g/mol. The number of halogens is 1. The zero-order valence-corrected chi connectivity index (χ0v) is 15.7. The van der Waals surface area contributed by atoms with Crippen molar-refractivity contribution < 1.29 is 14.3 Å².